The molecule has 2 aromatic carbocycles. The lowest BCUT2D eigenvalue weighted by atomic mass is 10.1. The first-order chi connectivity index (χ1) is 15.8. The van der Waals surface area contributed by atoms with Crippen molar-refractivity contribution in [3.05, 3.63) is 77.1 Å². The normalized spacial score (nSPS) is 15.4. The molecule has 0 N–H and O–H groups in total. The van der Waals surface area contributed by atoms with E-state index < -0.39 is 10.0 Å². The van der Waals surface area contributed by atoms with Crippen LogP contribution in [0, 0.1) is 13.8 Å². The molecule has 174 valence electrons. The van der Waals surface area contributed by atoms with Crippen LogP contribution in [0.1, 0.15) is 40.5 Å². The van der Waals surface area contributed by atoms with E-state index in [2.05, 4.69) is 5.10 Å². The monoisotopic (exact) mass is 466 g/mol. The van der Waals surface area contributed by atoms with Gasteiger partial charge in [0.1, 0.15) is 0 Å². The number of sulfonamides is 1. The highest BCUT2D eigenvalue weighted by Gasteiger charge is 2.30. The lowest BCUT2D eigenvalue weighted by Gasteiger charge is -2.22. The van der Waals surface area contributed by atoms with Crippen LogP contribution in [0.25, 0.3) is 5.69 Å². The van der Waals surface area contributed by atoms with Gasteiger partial charge in [-0.25, -0.2) is 13.1 Å². The fraction of sp³-hybridized carbons (Fsp3) is 0.360. The molecule has 0 bridgehead atoms. The van der Waals surface area contributed by atoms with Gasteiger partial charge in [-0.2, -0.15) is 9.40 Å². The smallest absolute Gasteiger partial charge is 0.257 e. The molecule has 1 saturated heterocycles. The molecule has 0 spiro atoms. The van der Waals surface area contributed by atoms with E-state index in [0.29, 0.717) is 42.9 Å². The molecule has 1 aromatic heterocycles. The summed E-state index contributed by atoms with van der Waals surface area (Å²) in [6.07, 6.45) is 2.88. The first kappa shape index (κ1) is 23.2. The van der Waals surface area contributed by atoms with Gasteiger partial charge < -0.3 is 4.90 Å². The Hall–Kier alpha value is -2.97. The van der Waals surface area contributed by atoms with Crippen molar-refractivity contribution in [3.63, 3.8) is 0 Å². The summed E-state index contributed by atoms with van der Waals surface area (Å²) in [4.78, 5) is 15.4. The zero-order valence-corrected chi connectivity index (χ0v) is 20.2. The Kier molecular flexibility index (Phi) is 6.67. The molecular formula is C25H30N4O3S. The lowest BCUT2D eigenvalue weighted by Crippen LogP contribution is -2.37. The molecule has 2 heterocycles. The first-order valence-electron chi connectivity index (χ1n) is 11.3. The third-order valence-corrected chi connectivity index (χ3v) is 8.03. The second-order valence-electron chi connectivity index (χ2n) is 8.47. The maximum Gasteiger partial charge on any atom is 0.257 e. The van der Waals surface area contributed by atoms with Crippen molar-refractivity contribution < 1.29 is 13.2 Å². The van der Waals surface area contributed by atoms with Crippen molar-refractivity contribution in [2.24, 2.45) is 0 Å². The quantitative estimate of drug-likeness (QED) is 0.576. The minimum absolute atomic E-state index is 0.0974. The summed E-state index contributed by atoms with van der Waals surface area (Å²) >= 11 is 0. The molecule has 3 aromatic rings. The van der Waals surface area contributed by atoms with Gasteiger partial charge in [0.2, 0.25) is 10.0 Å². The standard InChI is InChI=1S/C25H30N4O3S/c1-4-24-23(18-26-29(24)21-10-6-19(2)7-11-21)25(30)27-14-5-15-28(17-16-27)33(31,32)22-12-8-20(3)9-13-22/h6-13,18H,4-5,14-17H2,1-3H3. The summed E-state index contributed by atoms with van der Waals surface area (Å²) in [7, 11) is -3.59. The molecule has 0 atom stereocenters. The molecule has 0 radical (unpaired) electrons. The van der Waals surface area contributed by atoms with Gasteiger partial charge in [-0.1, -0.05) is 42.3 Å². The minimum atomic E-state index is -3.59. The number of benzene rings is 2. The van der Waals surface area contributed by atoms with Crippen LogP contribution in [0.2, 0.25) is 0 Å². The zero-order chi connectivity index (χ0) is 23.6. The average molecular weight is 467 g/mol. The van der Waals surface area contributed by atoms with Crippen LogP contribution in [0.4, 0.5) is 0 Å². The van der Waals surface area contributed by atoms with Crippen molar-refractivity contribution in [1.82, 2.24) is 19.0 Å². The third-order valence-electron chi connectivity index (χ3n) is 6.11. The van der Waals surface area contributed by atoms with E-state index in [1.165, 1.54) is 4.31 Å². The fourth-order valence-electron chi connectivity index (χ4n) is 4.17. The van der Waals surface area contributed by atoms with Crippen LogP contribution in [0.3, 0.4) is 0 Å². The van der Waals surface area contributed by atoms with Crippen LogP contribution < -0.4 is 0 Å². The summed E-state index contributed by atoms with van der Waals surface area (Å²) in [5, 5.41) is 4.49. The summed E-state index contributed by atoms with van der Waals surface area (Å²) in [6, 6.07) is 14.9. The number of aryl methyl sites for hydroxylation is 2. The Morgan fingerprint density at radius 1 is 0.909 bits per heavy atom. The number of aromatic nitrogens is 2. The van der Waals surface area contributed by atoms with E-state index in [9.17, 15) is 13.2 Å². The molecule has 0 saturated carbocycles. The molecule has 0 unspecified atom stereocenters. The van der Waals surface area contributed by atoms with Gasteiger partial charge in [0.05, 0.1) is 28.0 Å². The summed E-state index contributed by atoms with van der Waals surface area (Å²) in [6.45, 7) is 7.50. The maximum absolute atomic E-state index is 13.4. The van der Waals surface area contributed by atoms with E-state index in [0.717, 1.165) is 22.5 Å². The van der Waals surface area contributed by atoms with Gasteiger partial charge in [0.15, 0.2) is 0 Å². The average Bonchev–Trinajstić information content (AvgIpc) is 3.07. The van der Waals surface area contributed by atoms with Crippen molar-refractivity contribution in [1.29, 1.82) is 0 Å². The summed E-state index contributed by atoms with van der Waals surface area (Å²) in [5.41, 5.74) is 4.53. The van der Waals surface area contributed by atoms with Gasteiger partial charge >= 0.3 is 0 Å². The Morgan fingerprint density at radius 2 is 1.55 bits per heavy atom. The van der Waals surface area contributed by atoms with Gasteiger partial charge in [0, 0.05) is 26.2 Å². The van der Waals surface area contributed by atoms with Crippen molar-refractivity contribution in [2.75, 3.05) is 26.2 Å². The highest BCUT2D eigenvalue weighted by molar-refractivity contribution is 7.89. The second kappa shape index (κ2) is 9.49. The largest absolute Gasteiger partial charge is 0.337 e. The van der Waals surface area contributed by atoms with Crippen LogP contribution in [0.5, 0.6) is 0 Å². The lowest BCUT2D eigenvalue weighted by molar-refractivity contribution is 0.0763. The fourth-order valence-corrected chi connectivity index (χ4v) is 5.64. The number of hydrogen-bond acceptors (Lipinski definition) is 4. The van der Waals surface area contributed by atoms with E-state index >= 15 is 0 Å². The first-order valence-corrected chi connectivity index (χ1v) is 12.8. The number of carbonyl (C=O) groups is 1. The molecule has 1 amide bonds. The predicted octanol–water partition coefficient (Wildman–Crippen LogP) is 3.59. The van der Waals surface area contributed by atoms with Crippen molar-refractivity contribution in [3.8, 4) is 5.69 Å². The van der Waals surface area contributed by atoms with Crippen LogP contribution in [-0.4, -0.2) is 59.5 Å². The highest BCUT2D eigenvalue weighted by atomic mass is 32.2. The van der Waals surface area contributed by atoms with Crippen LogP contribution in [0.15, 0.2) is 59.6 Å². The number of rotatable bonds is 5. The second-order valence-corrected chi connectivity index (χ2v) is 10.4. The van der Waals surface area contributed by atoms with E-state index in [1.807, 2.05) is 49.7 Å². The molecular weight excluding hydrogens is 436 g/mol. The summed E-state index contributed by atoms with van der Waals surface area (Å²) in [5.74, 6) is -0.0974. The van der Waals surface area contributed by atoms with Gasteiger partial charge in [-0.15, -0.1) is 0 Å². The molecule has 1 aliphatic heterocycles. The molecule has 7 nitrogen and oxygen atoms in total. The van der Waals surface area contributed by atoms with E-state index in [-0.39, 0.29) is 12.5 Å². The Morgan fingerprint density at radius 3 is 2.18 bits per heavy atom. The van der Waals surface area contributed by atoms with E-state index in [4.69, 9.17) is 0 Å². The Labute approximate surface area is 195 Å². The molecule has 1 fully saturated rings. The third kappa shape index (κ3) is 4.72. The highest BCUT2D eigenvalue weighted by Crippen LogP contribution is 2.21. The molecule has 4 rings (SSSR count). The number of carbonyl (C=O) groups excluding carboxylic acids is 1. The molecule has 33 heavy (non-hydrogen) atoms. The van der Waals surface area contributed by atoms with Crippen LogP contribution >= 0.6 is 0 Å². The number of amides is 1. The van der Waals surface area contributed by atoms with Gasteiger partial charge in [0.25, 0.3) is 5.91 Å². The zero-order valence-electron chi connectivity index (χ0n) is 19.4. The number of nitrogens with zero attached hydrogens (tertiary/aromatic N) is 4. The SMILES string of the molecule is CCc1c(C(=O)N2CCCN(S(=O)(=O)c3ccc(C)cc3)CC2)cnn1-c1ccc(C)cc1. The van der Waals surface area contributed by atoms with E-state index in [1.54, 1.807) is 35.4 Å². The Balaban J connectivity index is 1.52. The van der Waals surface area contributed by atoms with Gasteiger partial charge in [-0.3, -0.25) is 4.79 Å². The number of hydrogen-bond donors (Lipinski definition) is 0. The Bertz CT molecular complexity index is 1230. The summed E-state index contributed by atoms with van der Waals surface area (Å²) < 4.78 is 29.5. The predicted molar refractivity (Wildman–Crippen MR) is 128 cm³/mol. The van der Waals surface area contributed by atoms with Crippen molar-refractivity contribution in [2.45, 2.75) is 38.5 Å². The van der Waals surface area contributed by atoms with Crippen LogP contribution in [-0.2, 0) is 16.4 Å². The minimum Gasteiger partial charge on any atom is -0.337 e. The molecule has 1 aliphatic rings. The topological polar surface area (TPSA) is 75.5 Å². The maximum atomic E-state index is 13.4. The van der Waals surface area contributed by atoms with Crippen molar-refractivity contribution >= 4 is 15.9 Å². The molecule has 0 aliphatic carbocycles. The molecule has 8 heteroatoms. The van der Waals surface area contributed by atoms with Gasteiger partial charge in [-0.05, 0) is 51.0 Å².